The number of ether oxygens (including phenoxy) is 1. The Morgan fingerprint density at radius 2 is 1.97 bits per heavy atom. The van der Waals surface area contributed by atoms with Gasteiger partial charge in [0.1, 0.15) is 12.4 Å². The number of carbonyl (C=O) groups is 2. The molecule has 6 nitrogen and oxygen atoms in total. The van der Waals surface area contributed by atoms with E-state index in [1.807, 2.05) is 17.5 Å². The van der Waals surface area contributed by atoms with E-state index in [0.717, 1.165) is 31.6 Å². The Hall–Kier alpha value is -2.90. The highest BCUT2D eigenvalue weighted by Gasteiger charge is 2.43. The molecular weight excluding hydrogens is 424 g/mol. The van der Waals surface area contributed by atoms with E-state index in [1.54, 1.807) is 35.2 Å². The number of rotatable bonds is 12. The number of ketones is 1. The molecule has 1 aliphatic heterocycles. The molecule has 0 radical (unpaired) electrons. The number of Topliss-reactive ketones (excluding diaryl/α,β-unsaturated/α-hetero) is 1. The third-order valence-corrected chi connectivity index (χ3v) is 6.49. The summed E-state index contributed by atoms with van der Waals surface area (Å²) in [5.74, 6) is -0.593. The summed E-state index contributed by atoms with van der Waals surface area (Å²) in [6.07, 6.45) is 2.41. The van der Waals surface area contributed by atoms with Crippen LogP contribution in [0, 0.1) is 0 Å². The van der Waals surface area contributed by atoms with Gasteiger partial charge in [-0.15, -0.1) is 11.3 Å². The van der Waals surface area contributed by atoms with Crippen LogP contribution in [0.25, 0.3) is 0 Å². The lowest BCUT2D eigenvalue weighted by Gasteiger charge is -2.28. The van der Waals surface area contributed by atoms with Crippen molar-refractivity contribution in [2.45, 2.75) is 26.3 Å². The number of nitrogens with zero attached hydrogens (tertiary/aromatic N) is 2. The predicted molar refractivity (Wildman–Crippen MR) is 127 cm³/mol. The quantitative estimate of drug-likeness (QED) is 0.374. The third-order valence-electron chi connectivity index (χ3n) is 5.62. The zero-order valence-electron chi connectivity index (χ0n) is 18.6. The SMILES string of the molecule is C=CCOc1ccc([C@@H]2C(C(=O)c3cccs3)=C(O)C(=O)N2CCCN(CC)CC)cc1. The number of hydrogen-bond acceptors (Lipinski definition) is 6. The molecule has 0 aliphatic carbocycles. The summed E-state index contributed by atoms with van der Waals surface area (Å²) in [7, 11) is 0. The average molecular weight is 455 g/mol. The van der Waals surface area contributed by atoms with Crippen molar-refractivity contribution in [1.82, 2.24) is 9.80 Å². The van der Waals surface area contributed by atoms with Gasteiger partial charge >= 0.3 is 0 Å². The van der Waals surface area contributed by atoms with E-state index in [1.165, 1.54) is 11.3 Å². The molecular formula is C25H30N2O4S. The summed E-state index contributed by atoms with van der Waals surface area (Å²) in [5, 5.41) is 12.5. The number of carbonyl (C=O) groups excluding carboxylic acids is 2. The van der Waals surface area contributed by atoms with E-state index in [-0.39, 0.29) is 11.4 Å². The Balaban J connectivity index is 1.91. The first kappa shape index (κ1) is 23.8. The first-order chi connectivity index (χ1) is 15.5. The van der Waals surface area contributed by atoms with Gasteiger partial charge in [-0.05, 0) is 55.2 Å². The van der Waals surface area contributed by atoms with Crippen molar-refractivity contribution in [3.05, 3.63) is 76.2 Å². The summed E-state index contributed by atoms with van der Waals surface area (Å²) in [6.45, 7) is 11.4. The predicted octanol–water partition coefficient (Wildman–Crippen LogP) is 4.62. The second kappa shape index (κ2) is 11.1. The average Bonchev–Trinajstić information content (AvgIpc) is 3.43. The van der Waals surface area contributed by atoms with Crippen LogP contribution in [0.3, 0.4) is 0 Å². The number of thiophene rings is 1. The van der Waals surface area contributed by atoms with Crippen molar-refractivity contribution in [2.75, 3.05) is 32.8 Å². The Kier molecular flexibility index (Phi) is 8.25. The van der Waals surface area contributed by atoms with E-state index >= 15 is 0 Å². The molecule has 1 N–H and O–H groups in total. The number of amides is 1. The summed E-state index contributed by atoms with van der Waals surface area (Å²) >= 11 is 1.30. The lowest BCUT2D eigenvalue weighted by atomic mass is 9.95. The highest BCUT2D eigenvalue weighted by molar-refractivity contribution is 7.12. The fourth-order valence-electron chi connectivity index (χ4n) is 3.91. The van der Waals surface area contributed by atoms with E-state index in [2.05, 4.69) is 25.3 Å². The Bertz CT molecular complexity index is 962. The van der Waals surface area contributed by atoms with Crippen LogP contribution < -0.4 is 4.74 Å². The molecule has 32 heavy (non-hydrogen) atoms. The first-order valence-electron chi connectivity index (χ1n) is 10.9. The highest BCUT2D eigenvalue weighted by Crippen LogP contribution is 2.40. The second-order valence-corrected chi connectivity index (χ2v) is 8.47. The van der Waals surface area contributed by atoms with Crippen molar-refractivity contribution in [3.63, 3.8) is 0 Å². The Morgan fingerprint density at radius 1 is 1.25 bits per heavy atom. The van der Waals surface area contributed by atoms with Crippen LogP contribution in [0.4, 0.5) is 0 Å². The van der Waals surface area contributed by atoms with Crippen molar-refractivity contribution < 1.29 is 19.4 Å². The molecule has 0 saturated heterocycles. The molecule has 1 aromatic carbocycles. The molecule has 0 spiro atoms. The van der Waals surface area contributed by atoms with Gasteiger partial charge in [-0.25, -0.2) is 0 Å². The molecule has 3 rings (SSSR count). The molecule has 0 fully saturated rings. The van der Waals surface area contributed by atoms with Crippen LogP contribution in [-0.4, -0.2) is 59.4 Å². The number of aliphatic hydroxyl groups excluding tert-OH is 1. The molecule has 2 aromatic rings. The van der Waals surface area contributed by atoms with Crippen LogP contribution in [0.15, 0.2) is 65.8 Å². The molecule has 2 heterocycles. The topological polar surface area (TPSA) is 70.1 Å². The molecule has 1 aliphatic rings. The van der Waals surface area contributed by atoms with E-state index in [0.29, 0.717) is 23.8 Å². The molecule has 0 saturated carbocycles. The summed E-state index contributed by atoms with van der Waals surface area (Å²) < 4.78 is 5.56. The lowest BCUT2D eigenvalue weighted by Crippen LogP contribution is -2.34. The molecule has 0 bridgehead atoms. The van der Waals surface area contributed by atoms with Crippen LogP contribution in [0.1, 0.15) is 41.5 Å². The maximum absolute atomic E-state index is 13.2. The third kappa shape index (κ3) is 5.11. The summed E-state index contributed by atoms with van der Waals surface area (Å²) in [5.41, 5.74) is 0.899. The molecule has 1 atom stereocenters. The number of hydrogen-bond donors (Lipinski definition) is 1. The minimum absolute atomic E-state index is 0.139. The monoisotopic (exact) mass is 454 g/mol. The van der Waals surface area contributed by atoms with Crippen LogP contribution >= 0.6 is 11.3 Å². The van der Waals surface area contributed by atoms with Gasteiger partial charge in [-0.1, -0.05) is 44.7 Å². The van der Waals surface area contributed by atoms with E-state index in [9.17, 15) is 14.7 Å². The summed E-state index contributed by atoms with van der Waals surface area (Å²) in [6, 6.07) is 10.2. The number of benzene rings is 1. The fourth-order valence-corrected chi connectivity index (χ4v) is 4.59. The van der Waals surface area contributed by atoms with Gasteiger partial charge in [0.2, 0.25) is 5.78 Å². The minimum atomic E-state index is -0.637. The van der Waals surface area contributed by atoms with Gasteiger partial charge in [0.15, 0.2) is 5.76 Å². The summed E-state index contributed by atoms with van der Waals surface area (Å²) in [4.78, 5) is 30.7. The molecule has 1 aromatic heterocycles. The van der Waals surface area contributed by atoms with Crippen molar-refractivity contribution in [1.29, 1.82) is 0 Å². The smallest absolute Gasteiger partial charge is 0.290 e. The molecule has 0 unspecified atom stereocenters. The first-order valence-corrected chi connectivity index (χ1v) is 11.8. The molecule has 1 amide bonds. The van der Waals surface area contributed by atoms with Gasteiger partial charge in [-0.2, -0.15) is 0 Å². The van der Waals surface area contributed by atoms with Gasteiger partial charge in [-0.3, -0.25) is 9.59 Å². The van der Waals surface area contributed by atoms with Crippen molar-refractivity contribution >= 4 is 23.0 Å². The maximum atomic E-state index is 13.2. The Labute approximate surface area is 193 Å². The van der Waals surface area contributed by atoms with Gasteiger partial charge in [0.25, 0.3) is 5.91 Å². The second-order valence-electron chi connectivity index (χ2n) is 7.52. The number of aliphatic hydroxyl groups is 1. The van der Waals surface area contributed by atoms with E-state index in [4.69, 9.17) is 4.74 Å². The van der Waals surface area contributed by atoms with Crippen LogP contribution in [0.2, 0.25) is 0 Å². The fraction of sp³-hybridized carbons (Fsp3) is 0.360. The zero-order valence-corrected chi connectivity index (χ0v) is 19.4. The van der Waals surface area contributed by atoms with Gasteiger partial charge in [0, 0.05) is 6.54 Å². The zero-order chi connectivity index (χ0) is 23.1. The van der Waals surface area contributed by atoms with Crippen molar-refractivity contribution in [3.8, 4) is 5.75 Å². The van der Waals surface area contributed by atoms with E-state index < -0.39 is 17.7 Å². The van der Waals surface area contributed by atoms with Crippen LogP contribution in [-0.2, 0) is 4.79 Å². The largest absolute Gasteiger partial charge is 0.503 e. The molecule has 7 heteroatoms. The minimum Gasteiger partial charge on any atom is -0.503 e. The van der Waals surface area contributed by atoms with Crippen molar-refractivity contribution in [2.24, 2.45) is 0 Å². The van der Waals surface area contributed by atoms with Gasteiger partial charge < -0.3 is 19.6 Å². The highest BCUT2D eigenvalue weighted by atomic mass is 32.1. The van der Waals surface area contributed by atoms with Gasteiger partial charge in [0.05, 0.1) is 16.5 Å². The standard InChI is InChI=1S/C25H30N2O4S/c1-4-16-31-19-12-10-18(11-13-19)22-21(23(28)20-9-7-17-32-20)24(29)25(30)27(22)15-8-14-26(5-2)6-3/h4,7,9-13,17,22,29H,1,5-6,8,14-16H2,2-3H3/t22-/m1/s1. The lowest BCUT2D eigenvalue weighted by molar-refractivity contribution is -0.129. The normalized spacial score (nSPS) is 16.2. The Morgan fingerprint density at radius 3 is 2.56 bits per heavy atom. The van der Waals surface area contributed by atoms with Crippen LogP contribution in [0.5, 0.6) is 5.75 Å². The maximum Gasteiger partial charge on any atom is 0.290 e. The molecule has 170 valence electrons.